The lowest BCUT2D eigenvalue weighted by molar-refractivity contribution is 0.102. The van der Waals surface area contributed by atoms with E-state index in [1.807, 2.05) is 43.3 Å². The minimum Gasteiger partial charge on any atom is -0.322 e. The minimum atomic E-state index is -0.0648. The second-order valence-corrected chi connectivity index (χ2v) is 5.25. The van der Waals surface area contributed by atoms with Crippen LogP contribution in [0.25, 0.3) is 0 Å². The molecule has 0 aromatic heterocycles. The number of hydrogen-bond donors (Lipinski definition) is 1. The van der Waals surface area contributed by atoms with Gasteiger partial charge < -0.3 is 5.32 Å². The van der Waals surface area contributed by atoms with E-state index in [1.54, 1.807) is 0 Å². The Morgan fingerprint density at radius 1 is 1.15 bits per heavy atom. The number of anilines is 1. The fraction of sp³-hybridized carbons (Fsp3) is 0.278. The van der Waals surface area contributed by atoms with Gasteiger partial charge in [0.05, 0.1) is 0 Å². The van der Waals surface area contributed by atoms with Gasteiger partial charge in [0.15, 0.2) is 0 Å². The van der Waals surface area contributed by atoms with Crippen molar-refractivity contribution in [3.05, 3.63) is 65.2 Å². The van der Waals surface area contributed by atoms with E-state index < -0.39 is 0 Å². The van der Waals surface area contributed by atoms with E-state index in [1.165, 1.54) is 5.56 Å². The Morgan fingerprint density at radius 3 is 2.45 bits per heavy atom. The first kappa shape index (κ1) is 14.3. The van der Waals surface area contributed by atoms with Crippen LogP contribution in [0.5, 0.6) is 0 Å². The largest absolute Gasteiger partial charge is 0.322 e. The maximum absolute atomic E-state index is 12.1. The van der Waals surface area contributed by atoms with Crippen LogP contribution in [0.2, 0.25) is 0 Å². The van der Waals surface area contributed by atoms with Gasteiger partial charge in [-0.25, -0.2) is 0 Å². The standard InChI is InChI=1S/C18H21NO/c1-4-14(3)15-8-10-17(11-9-15)19-18(20)16-7-5-6-13(2)12-16/h5-12,14H,4H2,1-3H3,(H,19,20). The van der Waals surface area contributed by atoms with Crippen molar-refractivity contribution in [1.82, 2.24) is 0 Å². The van der Waals surface area contributed by atoms with Crippen LogP contribution in [0, 0.1) is 6.92 Å². The lowest BCUT2D eigenvalue weighted by Crippen LogP contribution is -2.11. The Balaban J connectivity index is 2.08. The Hall–Kier alpha value is -2.09. The highest BCUT2D eigenvalue weighted by atomic mass is 16.1. The van der Waals surface area contributed by atoms with Crippen molar-refractivity contribution in [2.75, 3.05) is 5.32 Å². The van der Waals surface area contributed by atoms with Crippen LogP contribution in [0.3, 0.4) is 0 Å². The van der Waals surface area contributed by atoms with Gasteiger partial charge in [0, 0.05) is 11.3 Å². The summed E-state index contributed by atoms with van der Waals surface area (Å²) in [6.07, 6.45) is 1.12. The third-order valence-electron chi connectivity index (χ3n) is 3.63. The molecule has 0 bridgehead atoms. The molecule has 20 heavy (non-hydrogen) atoms. The van der Waals surface area contributed by atoms with Gasteiger partial charge in [-0.05, 0) is 49.1 Å². The summed E-state index contributed by atoms with van der Waals surface area (Å²) >= 11 is 0. The van der Waals surface area contributed by atoms with Crippen molar-refractivity contribution in [1.29, 1.82) is 0 Å². The van der Waals surface area contributed by atoms with Crippen molar-refractivity contribution in [2.45, 2.75) is 33.1 Å². The SMILES string of the molecule is CCC(C)c1ccc(NC(=O)c2cccc(C)c2)cc1. The molecule has 2 rings (SSSR count). The summed E-state index contributed by atoms with van der Waals surface area (Å²) in [4.78, 5) is 12.1. The molecule has 1 amide bonds. The molecule has 104 valence electrons. The molecule has 0 heterocycles. The smallest absolute Gasteiger partial charge is 0.255 e. The van der Waals surface area contributed by atoms with Crippen molar-refractivity contribution in [3.63, 3.8) is 0 Å². The molecule has 0 radical (unpaired) electrons. The molecule has 1 N–H and O–H groups in total. The number of benzene rings is 2. The highest BCUT2D eigenvalue weighted by molar-refractivity contribution is 6.04. The third kappa shape index (κ3) is 3.47. The number of hydrogen-bond acceptors (Lipinski definition) is 1. The van der Waals surface area contributed by atoms with E-state index in [0.717, 1.165) is 17.7 Å². The summed E-state index contributed by atoms with van der Waals surface area (Å²) in [5, 5.41) is 2.93. The highest BCUT2D eigenvalue weighted by Crippen LogP contribution is 2.20. The summed E-state index contributed by atoms with van der Waals surface area (Å²) in [5.74, 6) is 0.488. The molecule has 1 unspecified atom stereocenters. The first-order valence-corrected chi connectivity index (χ1v) is 7.08. The molecule has 0 saturated heterocycles. The lowest BCUT2D eigenvalue weighted by atomic mass is 9.98. The van der Waals surface area contributed by atoms with Crippen molar-refractivity contribution < 1.29 is 4.79 Å². The zero-order valence-corrected chi connectivity index (χ0v) is 12.3. The predicted octanol–water partition coefficient (Wildman–Crippen LogP) is 4.76. The predicted molar refractivity (Wildman–Crippen MR) is 84.3 cm³/mol. The Kier molecular flexibility index (Phi) is 4.57. The van der Waals surface area contributed by atoms with Crippen LogP contribution in [-0.2, 0) is 0 Å². The van der Waals surface area contributed by atoms with E-state index in [2.05, 4.69) is 31.3 Å². The van der Waals surface area contributed by atoms with Gasteiger partial charge in [0.25, 0.3) is 5.91 Å². The van der Waals surface area contributed by atoms with E-state index >= 15 is 0 Å². The number of amides is 1. The summed E-state index contributed by atoms with van der Waals surface area (Å²) in [6.45, 7) is 6.37. The first-order valence-electron chi connectivity index (χ1n) is 7.08. The maximum atomic E-state index is 12.1. The summed E-state index contributed by atoms with van der Waals surface area (Å²) in [6, 6.07) is 15.7. The molecule has 0 fully saturated rings. The molecule has 2 nitrogen and oxygen atoms in total. The van der Waals surface area contributed by atoms with Crippen LogP contribution in [0.1, 0.15) is 47.7 Å². The van der Waals surface area contributed by atoms with Gasteiger partial charge in [-0.15, -0.1) is 0 Å². The molecule has 2 aromatic rings. The molecule has 1 atom stereocenters. The second-order valence-electron chi connectivity index (χ2n) is 5.25. The second kappa shape index (κ2) is 6.38. The maximum Gasteiger partial charge on any atom is 0.255 e. The Bertz CT molecular complexity index is 587. The molecule has 0 saturated carbocycles. The Morgan fingerprint density at radius 2 is 1.85 bits per heavy atom. The van der Waals surface area contributed by atoms with E-state index in [-0.39, 0.29) is 5.91 Å². The molecule has 2 aromatic carbocycles. The molecular weight excluding hydrogens is 246 g/mol. The van der Waals surface area contributed by atoms with Gasteiger partial charge >= 0.3 is 0 Å². The van der Waals surface area contributed by atoms with Gasteiger partial charge in [0.1, 0.15) is 0 Å². The van der Waals surface area contributed by atoms with Crippen LogP contribution in [0.4, 0.5) is 5.69 Å². The summed E-state index contributed by atoms with van der Waals surface area (Å²) in [7, 11) is 0. The summed E-state index contributed by atoms with van der Waals surface area (Å²) < 4.78 is 0. The quantitative estimate of drug-likeness (QED) is 0.850. The monoisotopic (exact) mass is 267 g/mol. The van der Waals surface area contributed by atoms with E-state index in [0.29, 0.717) is 11.5 Å². The van der Waals surface area contributed by atoms with Gasteiger partial charge in [-0.3, -0.25) is 4.79 Å². The molecule has 0 aliphatic heterocycles. The molecule has 0 spiro atoms. The van der Waals surface area contributed by atoms with Crippen LogP contribution >= 0.6 is 0 Å². The zero-order chi connectivity index (χ0) is 14.5. The van der Waals surface area contributed by atoms with Crippen molar-refractivity contribution in [3.8, 4) is 0 Å². The average Bonchev–Trinajstić information content (AvgIpc) is 2.47. The van der Waals surface area contributed by atoms with Crippen molar-refractivity contribution >= 4 is 11.6 Å². The van der Waals surface area contributed by atoms with Crippen LogP contribution < -0.4 is 5.32 Å². The minimum absolute atomic E-state index is 0.0648. The number of rotatable bonds is 4. The molecule has 0 aliphatic rings. The number of nitrogens with one attached hydrogen (secondary N) is 1. The number of aryl methyl sites for hydroxylation is 1. The van der Waals surface area contributed by atoms with E-state index in [4.69, 9.17) is 0 Å². The topological polar surface area (TPSA) is 29.1 Å². The average molecular weight is 267 g/mol. The third-order valence-corrected chi connectivity index (χ3v) is 3.63. The zero-order valence-electron chi connectivity index (χ0n) is 12.3. The molecule has 0 aliphatic carbocycles. The Labute approximate surface area is 120 Å². The van der Waals surface area contributed by atoms with Gasteiger partial charge in [0.2, 0.25) is 0 Å². The lowest BCUT2D eigenvalue weighted by Gasteiger charge is -2.10. The van der Waals surface area contributed by atoms with Crippen LogP contribution in [-0.4, -0.2) is 5.91 Å². The highest BCUT2D eigenvalue weighted by Gasteiger charge is 2.07. The fourth-order valence-electron chi connectivity index (χ4n) is 2.12. The van der Waals surface area contributed by atoms with Gasteiger partial charge in [-0.1, -0.05) is 43.7 Å². The normalized spacial score (nSPS) is 11.9. The van der Waals surface area contributed by atoms with Crippen molar-refractivity contribution in [2.24, 2.45) is 0 Å². The first-order chi connectivity index (χ1) is 9.60. The summed E-state index contributed by atoms with van der Waals surface area (Å²) in [5.41, 5.74) is 3.92. The van der Waals surface area contributed by atoms with Gasteiger partial charge in [-0.2, -0.15) is 0 Å². The molecule has 2 heteroatoms. The number of carbonyl (C=O) groups is 1. The molecular formula is C18H21NO. The van der Waals surface area contributed by atoms with Crippen LogP contribution in [0.15, 0.2) is 48.5 Å². The fourth-order valence-corrected chi connectivity index (χ4v) is 2.12. The number of carbonyl (C=O) groups excluding carboxylic acids is 1. The van der Waals surface area contributed by atoms with E-state index in [9.17, 15) is 4.79 Å².